The molecule has 10 nitrogen and oxygen atoms in total. The maximum absolute atomic E-state index is 12.1. The van der Waals surface area contributed by atoms with Gasteiger partial charge in [-0.1, -0.05) is 0 Å². The summed E-state index contributed by atoms with van der Waals surface area (Å²) in [6.45, 7) is 1.34. The van der Waals surface area contributed by atoms with E-state index in [1.807, 2.05) is 10.7 Å². The van der Waals surface area contributed by atoms with E-state index in [0.717, 1.165) is 35.7 Å². The van der Waals surface area contributed by atoms with Crippen LogP contribution in [0.2, 0.25) is 0 Å². The zero-order chi connectivity index (χ0) is 18.8. The summed E-state index contributed by atoms with van der Waals surface area (Å²) in [5.41, 5.74) is 1.52. The summed E-state index contributed by atoms with van der Waals surface area (Å²) in [4.78, 5) is 20.7. The summed E-state index contributed by atoms with van der Waals surface area (Å²) in [5.74, 6) is 0.211. The largest absolute Gasteiger partial charge is 0.474 e. The van der Waals surface area contributed by atoms with Crippen LogP contribution in [0.1, 0.15) is 12.5 Å². The average Bonchev–Trinajstić information content (AvgIpc) is 3.30. The van der Waals surface area contributed by atoms with Crippen molar-refractivity contribution in [2.45, 2.75) is 12.5 Å². The second-order valence-corrected chi connectivity index (χ2v) is 6.43. The number of aromatic nitrogens is 4. The van der Waals surface area contributed by atoms with E-state index >= 15 is 0 Å². The first kappa shape index (κ1) is 17.2. The van der Waals surface area contributed by atoms with E-state index in [1.54, 1.807) is 12.4 Å². The number of nitrogens with zero attached hydrogens (tertiary/aromatic N) is 3. The van der Waals surface area contributed by atoms with Crippen LogP contribution in [-0.2, 0) is 9.53 Å². The van der Waals surface area contributed by atoms with Gasteiger partial charge in [-0.25, -0.2) is 9.97 Å². The van der Waals surface area contributed by atoms with Gasteiger partial charge in [0.25, 0.3) is 5.91 Å². The third kappa shape index (κ3) is 3.04. The van der Waals surface area contributed by atoms with E-state index < -0.39 is 0 Å². The van der Waals surface area contributed by atoms with Crippen LogP contribution in [0.3, 0.4) is 0 Å². The zero-order valence-corrected chi connectivity index (χ0v) is 14.5. The number of aromatic amines is 1. The minimum Gasteiger partial charge on any atom is -0.474 e. The van der Waals surface area contributed by atoms with Crippen molar-refractivity contribution in [3.8, 4) is 0 Å². The van der Waals surface area contributed by atoms with Gasteiger partial charge in [-0.3, -0.25) is 20.0 Å². The molecule has 27 heavy (non-hydrogen) atoms. The highest BCUT2D eigenvalue weighted by atomic mass is 16.5. The highest BCUT2D eigenvalue weighted by molar-refractivity contribution is 6.09. The van der Waals surface area contributed by atoms with Gasteiger partial charge in [0.05, 0.1) is 16.9 Å². The quantitative estimate of drug-likeness (QED) is 0.329. The number of pyridine rings is 1. The highest BCUT2D eigenvalue weighted by Gasteiger charge is 2.28. The molecule has 1 aliphatic rings. The van der Waals surface area contributed by atoms with Crippen molar-refractivity contribution in [1.29, 1.82) is 10.8 Å². The van der Waals surface area contributed by atoms with Gasteiger partial charge in [-0.2, -0.15) is 0 Å². The molecule has 0 saturated carbocycles. The number of ether oxygens (including phenoxy) is 1. The minimum atomic E-state index is -0.375. The Morgan fingerprint density at radius 3 is 3.11 bits per heavy atom. The Morgan fingerprint density at radius 2 is 2.30 bits per heavy atom. The second kappa shape index (κ2) is 7.16. The predicted octanol–water partition coefficient (Wildman–Crippen LogP) is 1.27. The molecule has 0 aliphatic carbocycles. The maximum atomic E-state index is 12.1. The molecule has 5 N–H and O–H groups in total. The van der Waals surface area contributed by atoms with Gasteiger partial charge >= 0.3 is 0 Å². The van der Waals surface area contributed by atoms with Crippen molar-refractivity contribution in [3.63, 3.8) is 0 Å². The lowest BCUT2D eigenvalue weighted by atomic mass is 9.94. The van der Waals surface area contributed by atoms with E-state index in [0.29, 0.717) is 18.0 Å². The van der Waals surface area contributed by atoms with Gasteiger partial charge in [-0.05, 0) is 19.0 Å². The number of fused-ring (bicyclic) bond motifs is 3. The van der Waals surface area contributed by atoms with Crippen LogP contribution in [-0.4, -0.2) is 58.0 Å². The Bertz CT molecular complexity index is 1010. The monoisotopic (exact) mass is 368 g/mol. The van der Waals surface area contributed by atoms with Crippen molar-refractivity contribution in [2.75, 3.05) is 25.0 Å². The number of anilines is 1. The lowest BCUT2D eigenvalue weighted by Crippen LogP contribution is -2.39. The average molecular weight is 368 g/mol. The standard InChI is InChI=1S/C17H20N8O2/c18-5-10-1-3-20-7-13(10)25-15-11-2-4-21-16(11)22-6-12(15)17(24-25)23-14(26)8-27-9-19/h2,4-6,9-10,13,18-20,24H,1,3,7-8H2,(H,23,26)/t10-,13-/m0/s1. The summed E-state index contributed by atoms with van der Waals surface area (Å²) in [6, 6.07) is 1.90. The van der Waals surface area contributed by atoms with Gasteiger partial charge in [-0.15, -0.1) is 0 Å². The van der Waals surface area contributed by atoms with E-state index in [9.17, 15) is 4.79 Å². The zero-order valence-electron chi connectivity index (χ0n) is 14.5. The summed E-state index contributed by atoms with van der Waals surface area (Å²) in [5, 5.41) is 25.8. The molecule has 0 aromatic carbocycles. The Hall–Kier alpha value is -3.27. The molecule has 1 saturated heterocycles. The lowest BCUT2D eigenvalue weighted by molar-refractivity contribution is -0.118. The first-order valence-corrected chi connectivity index (χ1v) is 8.68. The Balaban J connectivity index is 1.84. The molecule has 2 atom stereocenters. The topological polar surface area (TPSA) is 145 Å². The Kier molecular flexibility index (Phi) is 4.55. The smallest absolute Gasteiger partial charge is 0.263 e. The van der Waals surface area contributed by atoms with Crippen molar-refractivity contribution in [1.82, 2.24) is 25.1 Å². The van der Waals surface area contributed by atoms with E-state index in [4.69, 9.17) is 15.6 Å². The lowest BCUT2D eigenvalue weighted by Gasteiger charge is -2.30. The van der Waals surface area contributed by atoms with Crippen LogP contribution in [0.15, 0.2) is 18.5 Å². The molecular formula is C17H20N8O2. The second-order valence-electron chi connectivity index (χ2n) is 6.43. The van der Waals surface area contributed by atoms with Crippen LogP contribution >= 0.6 is 0 Å². The van der Waals surface area contributed by atoms with Crippen molar-refractivity contribution in [3.05, 3.63) is 18.5 Å². The number of nitrogens with one attached hydrogen (secondary N) is 5. The Labute approximate surface area is 154 Å². The summed E-state index contributed by atoms with van der Waals surface area (Å²) < 4.78 is 6.73. The molecule has 1 fully saturated rings. The fourth-order valence-corrected chi connectivity index (χ4v) is 3.60. The predicted molar refractivity (Wildman–Crippen MR) is 102 cm³/mol. The number of amides is 1. The molecule has 4 rings (SSSR count). The van der Waals surface area contributed by atoms with Gasteiger partial charge in [0.2, 0.25) is 0 Å². The third-order valence-corrected chi connectivity index (χ3v) is 4.86. The van der Waals surface area contributed by atoms with Crippen molar-refractivity contribution in [2.24, 2.45) is 5.92 Å². The van der Waals surface area contributed by atoms with Crippen LogP contribution in [0.5, 0.6) is 0 Å². The molecule has 0 bridgehead atoms. The summed E-state index contributed by atoms with van der Waals surface area (Å²) >= 11 is 0. The van der Waals surface area contributed by atoms with Crippen LogP contribution in [0.4, 0.5) is 5.82 Å². The molecule has 1 amide bonds. The van der Waals surface area contributed by atoms with E-state index in [2.05, 4.69) is 25.7 Å². The van der Waals surface area contributed by atoms with Crippen LogP contribution in [0, 0.1) is 16.7 Å². The number of H-pyrrole nitrogens is 1. The summed E-state index contributed by atoms with van der Waals surface area (Å²) in [6.07, 6.45) is 6.47. The number of piperidine rings is 1. The number of rotatable bonds is 6. The molecule has 3 aromatic rings. The third-order valence-electron chi connectivity index (χ3n) is 4.86. The van der Waals surface area contributed by atoms with Crippen molar-refractivity contribution < 1.29 is 9.53 Å². The molecule has 4 heterocycles. The fourth-order valence-electron chi connectivity index (χ4n) is 3.60. The number of carbonyl (C=O) groups is 1. The molecular weight excluding hydrogens is 348 g/mol. The molecule has 1 aliphatic heterocycles. The molecule has 0 radical (unpaired) electrons. The van der Waals surface area contributed by atoms with Gasteiger partial charge in [0, 0.05) is 36.5 Å². The van der Waals surface area contributed by atoms with Crippen molar-refractivity contribution >= 4 is 46.3 Å². The van der Waals surface area contributed by atoms with Gasteiger partial charge < -0.3 is 20.8 Å². The first-order chi connectivity index (χ1) is 13.2. The Morgan fingerprint density at radius 1 is 1.41 bits per heavy atom. The van der Waals surface area contributed by atoms with Gasteiger partial charge in [0.15, 0.2) is 18.7 Å². The number of hydrogen-bond donors (Lipinski definition) is 5. The molecule has 3 aromatic heterocycles. The first-order valence-electron chi connectivity index (χ1n) is 8.68. The van der Waals surface area contributed by atoms with Crippen LogP contribution < -0.4 is 10.6 Å². The molecule has 140 valence electrons. The SMILES string of the molecule is N=COCC(=O)Nc1[nH]n([C@H]2CNCC[C@H]2C=N)c2c1cnc1nccc12. The van der Waals surface area contributed by atoms with Gasteiger partial charge in [0.1, 0.15) is 5.82 Å². The summed E-state index contributed by atoms with van der Waals surface area (Å²) in [7, 11) is 0. The molecule has 0 unspecified atom stereocenters. The molecule has 10 heteroatoms. The van der Waals surface area contributed by atoms with E-state index in [-0.39, 0.29) is 24.5 Å². The fraction of sp³-hybridized carbons (Fsp3) is 0.353. The maximum Gasteiger partial charge on any atom is 0.263 e. The minimum absolute atomic E-state index is 0.00253. The normalized spacial score (nSPS) is 19.9. The highest BCUT2D eigenvalue weighted by Crippen LogP contribution is 2.33. The van der Waals surface area contributed by atoms with Crippen LogP contribution in [0.25, 0.3) is 21.9 Å². The molecule has 0 spiro atoms. The number of carbonyl (C=O) groups excluding carboxylic acids is 1. The van der Waals surface area contributed by atoms with E-state index in [1.165, 1.54) is 6.21 Å². The number of hydrogen-bond acceptors (Lipinski definition) is 7.